The molecule has 3 heterocycles. The minimum absolute atomic E-state index is 0.198. The van der Waals surface area contributed by atoms with E-state index in [1.54, 1.807) is 4.40 Å². The second-order valence-electron chi connectivity index (χ2n) is 9.31. The zero-order valence-corrected chi connectivity index (χ0v) is 18.9. The van der Waals surface area contributed by atoms with E-state index in [1.165, 1.54) is 11.3 Å². The summed E-state index contributed by atoms with van der Waals surface area (Å²) in [5.74, 6) is -0.225. The van der Waals surface area contributed by atoms with Crippen LogP contribution in [0.25, 0.3) is 5.65 Å². The number of nitrogens with zero attached hydrogens (tertiary/aromatic N) is 2. The Morgan fingerprint density at radius 2 is 2.03 bits per heavy atom. The maximum atomic E-state index is 13.2. The Morgan fingerprint density at radius 3 is 2.70 bits per heavy atom. The van der Waals surface area contributed by atoms with Crippen LogP contribution in [0.2, 0.25) is 0 Å². The van der Waals surface area contributed by atoms with Crippen LogP contribution >= 0.6 is 11.3 Å². The lowest BCUT2D eigenvalue weighted by molar-refractivity contribution is 0.1000. The van der Waals surface area contributed by atoms with Gasteiger partial charge in [-0.2, -0.15) is 0 Å². The van der Waals surface area contributed by atoms with Crippen molar-refractivity contribution in [1.29, 1.82) is 0 Å². The van der Waals surface area contributed by atoms with Gasteiger partial charge in [0.1, 0.15) is 16.3 Å². The molecule has 1 aliphatic rings. The third-order valence-electron chi connectivity index (χ3n) is 6.13. The van der Waals surface area contributed by atoms with Gasteiger partial charge in [0, 0.05) is 11.1 Å². The summed E-state index contributed by atoms with van der Waals surface area (Å²) in [6, 6.07) is 3.88. The first-order valence-corrected chi connectivity index (χ1v) is 11.1. The number of aromatic nitrogens is 2. The number of nitrogens with two attached hydrogens (primary N) is 1. The van der Waals surface area contributed by atoms with Gasteiger partial charge in [-0.05, 0) is 67.7 Å². The molecule has 1 atom stereocenters. The summed E-state index contributed by atoms with van der Waals surface area (Å²) < 4.78 is 1.78. The van der Waals surface area contributed by atoms with Crippen LogP contribution in [-0.2, 0) is 12.8 Å². The number of carbonyl (C=O) groups excluding carboxylic acids is 2. The first-order valence-electron chi connectivity index (χ1n) is 10.3. The van der Waals surface area contributed by atoms with Crippen molar-refractivity contribution in [3.63, 3.8) is 0 Å². The number of hydrogen-bond donors (Lipinski definition) is 2. The van der Waals surface area contributed by atoms with Crippen molar-refractivity contribution in [2.24, 2.45) is 17.1 Å². The number of pyridine rings is 1. The van der Waals surface area contributed by atoms with Gasteiger partial charge in [-0.3, -0.25) is 14.0 Å². The number of imidazole rings is 1. The van der Waals surface area contributed by atoms with Crippen LogP contribution in [0.3, 0.4) is 0 Å². The first kappa shape index (κ1) is 20.6. The molecular formula is C23H28N4O2S. The molecule has 0 radical (unpaired) electrons. The van der Waals surface area contributed by atoms with Gasteiger partial charge in [-0.15, -0.1) is 11.3 Å². The van der Waals surface area contributed by atoms with Crippen LogP contribution in [0.1, 0.15) is 69.7 Å². The molecular weight excluding hydrogens is 396 g/mol. The second kappa shape index (κ2) is 7.23. The smallest absolute Gasteiger partial charge is 0.275 e. The van der Waals surface area contributed by atoms with E-state index in [9.17, 15) is 9.59 Å². The average Bonchev–Trinajstić information content (AvgIpc) is 3.15. The number of aryl methyl sites for hydroxylation is 2. The average molecular weight is 425 g/mol. The monoisotopic (exact) mass is 424 g/mol. The van der Waals surface area contributed by atoms with E-state index < -0.39 is 5.91 Å². The van der Waals surface area contributed by atoms with Gasteiger partial charge in [-0.25, -0.2) is 4.98 Å². The third-order valence-corrected chi connectivity index (χ3v) is 7.30. The molecule has 3 aromatic rings. The van der Waals surface area contributed by atoms with Gasteiger partial charge in [-0.1, -0.05) is 20.8 Å². The van der Waals surface area contributed by atoms with Gasteiger partial charge < -0.3 is 11.1 Å². The summed E-state index contributed by atoms with van der Waals surface area (Å²) in [4.78, 5) is 31.1. The quantitative estimate of drug-likeness (QED) is 0.648. The molecule has 6 nitrogen and oxygen atoms in total. The Labute approximate surface area is 180 Å². The van der Waals surface area contributed by atoms with Gasteiger partial charge in [0.2, 0.25) is 0 Å². The molecule has 7 heteroatoms. The first-order chi connectivity index (χ1) is 14.1. The van der Waals surface area contributed by atoms with E-state index in [0.29, 0.717) is 27.9 Å². The number of fused-ring (bicyclic) bond motifs is 2. The number of hydrogen-bond acceptors (Lipinski definition) is 4. The predicted molar refractivity (Wildman–Crippen MR) is 120 cm³/mol. The van der Waals surface area contributed by atoms with Crippen molar-refractivity contribution in [3.8, 4) is 0 Å². The lowest BCUT2D eigenvalue weighted by Crippen LogP contribution is -2.27. The number of nitrogens with one attached hydrogen (secondary N) is 1. The highest BCUT2D eigenvalue weighted by Crippen LogP contribution is 2.44. The van der Waals surface area contributed by atoms with Crippen LogP contribution < -0.4 is 11.1 Å². The lowest BCUT2D eigenvalue weighted by atomic mass is 9.72. The number of thiophene rings is 1. The normalized spacial score (nSPS) is 16.5. The third kappa shape index (κ3) is 3.51. The summed E-state index contributed by atoms with van der Waals surface area (Å²) in [6.45, 7) is 10.6. The minimum atomic E-state index is -0.484. The lowest BCUT2D eigenvalue weighted by Gasteiger charge is -2.33. The van der Waals surface area contributed by atoms with Crippen LogP contribution in [0.5, 0.6) is 0 Å². The van der Waals surface area contributed by atoms with Crippen molar-refractivity contribution in [2.45, 2.75) is 53.9 Å². The van der Waals surface area contributed by atoms with Crippen LogP contribution in [0, 0.1) is 25.2 Å². The predicted octanol–water partition coefficient (Wildman–Crippen LogP) is 4.51. The van der Waals surface area contributed by atoms with Gasteiger partial charge in [0.15, 0.2) is 0 Å². The fourth-order valence-electron chi connectivity index (χ4n) is 4.37. The molecule has 3 N–H and O–H groups in total. The molecule has 1 aliphatic carbocycles. The zero-order chi connectivity index (χ0) is 21.8. The summed E-state index contributed by atoms with van der Waals surface area (Å²) in [7, 11) is 0. The number of anilines is 1. The topological polar surface area (TPSA) is 89.5 Å². The molecule has 2 amide bonds. The number of primary amides is 1. The molecule has 158 valence electrons. The fraction of sp³-hybridized carbons (Fsp3) is 0.435. The number of rotatable bonds is 3. The Balaban J connectivity index is 1.71. The van der Waals surface area contributed by atoms with Crippen molar-refractivity contribution in [2.75, 3.05) is 5.32 Å². The molecule has 30 heavy (non-hydrogen) atoms. The van der Waals surface area contributed by atoms with Crippen molar-refractivity contribution >= 4 is 33.8 Å². The summed E-state index contributed by atoms with van der Waals surface area (Å²) >= 11 is 1.49. The SMILES string of the molecule is Cc1ccn2c(C(=O)Nc3sc4c(c3C(N)=O)CCC(C(C)(C)C)C4)c(C)nc2c1. The van der Waals surface area contributed by atoms with Crippen molar-refractivity contribution < 1.29 is 9.59 Å². The van der Waals surface area contributed by atoms with Gasteiger partial charge in [0.25, 0.3) is 11.8 Å². The van der Waals surface area contributed by atoms with E-state index in [0.717, 1.165) is 40.9 Å². The van der Waals surface area contributed by atoms with E-state index in [4.69, 9.17) is 5.73 Å². The molecule has 0 spiro atoms. The number of carbonyl (C=O) groups is 2. The number of amides is 2. The van der Waals surface area contributed by atoms with E-state index in [2.05, 4.69) is 31.1 Å². The molecule has 0 aliphatic heterocycles. The van der Waals surface area contributed by atoms with Crippen LogP contribution in [-0.4, -0.2) is 21.2 Å². The summed E-state index contributed by atoms with van der Waals surface area (Å²) in [5.41, 5.74) is 10.3. The van der Waals surface area contributed by atoms with Gasteiger partial charge in [0.05, 0.1) is 11.3 Å². The van der Waals surface area contributed by atoms with Crippen molar-refractivity contribution in [1.82, 2.24) is 9.38 Å². The van der Waals surface area contributed by atoms with Crippen LogP contribution in [0.4, 0.5) is 5.00 Å². The van der Waals surface area contributed by atoms with E-state index in [-0.39, 0.29) is 11.3 Å². The molecule has 0 fully saturated rings. The van der Waals surface area contributed by atoms with Crippen molar-refractivity contribution in [3.05, 3.63) is 51.3 Å². The van der Waals surface area contributed by atoms with Crippen LogP contribution in [0.15, 0.2) is 18.3 Å². The standard InChI is InChI=1S/C23H28N4O2S/c1-12-8-9-27-17(10-12)25-13(2)19(27)21(29)26-22-18(20(24)28)15-7-6-14(23(3,4)5)11-16(15)30-22/h8-10,14H,6-7,11H2,1-5H3,(H2,24,28)(H,26,29). The molecule has 4 rings (SSSR count). The van der Waals surface area contributed by atoms with E-state index >= 15 is 0 Å². The van der Waals surface area contributed by atoms with Gasteiger partial charge >= 0.3 is 0 Å². The molecule has 0 saturated heterocycles. The highest BCUT2D eigenvalue weighted by atomic mass is 32.1. The minimum Gasteiger partial charge on any atom is -0.365 e. The summed E-state index contributed by atoms with van der Waals surface area (Å²) in [6.07, 6.45) is 4.60. The maximum Gasteiger partial charge on any atom is 0.275 e. The zero-order valence-electron chi connectivity index (χ0n) is 18.1. The largest absolute Gasteiger partial charge is 0.365 e. The summed E-state index contributed by atoms with van der Waals surface area (Å²) in [5, 5.41) is 3.52. The fourth-order valence-corrected chi connectivity index (χ4v) is 5.70. The Hall–Kier alpha value is -2.67. The maximum absolute atomic E-state index is 13.2. The Bertz CT molecular complexity index is 1170. The highest BCUT2D eigenvalue weighted by molar-refractivity contribution is 7.17. The Kier molecular flexibility index (Phi) is 4.97. The van der Waals surface area contributed by atoms with E-state index in [1.807, 2.05) is 32.2 Å². The highest BCUT2D eigenvalue weighted by Gasteiger charge is 2.34. The molecule has 3 aromatic heterocycles. The molecule has 1 unspecified atom stereocenters. The Morgan fingerprint density at radius 1 is 1.30 bits per heavy atom. The molecule has 0 aromatic carbocycles. The molecule has 0 bridgehead atoms. The second-order valence-corrected chi connectivity index (χ2v) is 10.4. The molecule has 0 saturated carbocycles.